The maximum atomic E-state index is 9.18. The van der Waals surface area contributed by atoms with Gasteiger partial charge in [0.25, 0.3) is 6.47 Å². The van der Waals surface area contributed by atoms with Crippen LogP contribution in [0, 0.1) is 0 Å². The van der Waals surface area contributed by atoms with Gasteiger partial charge in [-0.05, 0) is 44.0 Å². The summed E-state index contributed by atoms with van der Waals surface area (Å²) in [6.07, 6.45) is 4.00. The first-order valence-electron chi connectivity index (χ1n) is 6.13. The first-order chi connectivity index (χ1) is 8.59. The van der Waals surface area contributed by atoms with Gasteiger partial charge < -0.3 is 9.84 Å². The normalized spacial score (nSPS) is 15.9. The molecular weight excluding hydrogens is 248 g/mol. The third-order valence-electron chi connectivity index (χ3n) is 2.85. The van der Waals surface area contributed by atoms with E-state index < -0.39 is 0 Å². The molecule has 0 atom stereocenters. The average Bonchev–Trinajstić information content (AvgIpc) is 2.32. The van der Waals surface area contributed by atoms with Crippen LogP contribution in [-0.2, 0) is 9.53 Å². The van der Waals surface area contributed by atoms with Crippen LogP contribution in [0.5, 0.6) is 5.75 Å². The van der Waals surface area contributed by atoms with Gasteiger partial charge in [-0.25, -0.2) is 0 Å². The Morgan fingerprint density at radius 3 is 2.33 bits per heavy atom. The Morgan fingerprint density at radius 1 is 1.39 bits per heavy atom. The minimum atomic E-state index is 0.350. The van der Waals surface area contributed by atoms with Crippen molar-refractivity contribution in [2.75, 3.05) is 6.61 Å². The minimum absolute atomic E-state index is 0.350. The lowest BCUT2D eigenvalue weighted by Gasteiger charge is -2.37. The summed E-state index contributed by atoms with van der Waals surface area (Å²) in [7, 11) is 0. The number of carbonyl (C=O) groups excluding carboxylic acids is 1. The molecule has 1 aliphatic carbocycles. The molecule has 1 saturated carbocycles. The summed E-state index contributed by atoms with van der Waals surface area (Å²) < 4.78 is 4.61. The molecule has 0 amide bonds. The molecule has 0 aliphatic heterocycles. The Balaban J connectivity index is 0.000000280. The number of hydrogen-bond acceptors (Lipinski definition) is 4. The Hall–Kier alpha value is -1.16. The number of carbonyl (C=O) groups is 1. The molecule has 1 fully saturated rings. The molecule has 0 spiro atoms. The van der Waals surface area contributed by atoms with Crippen LogP contribution in [0.2, 0.25) is 0 Å². The van der Waals surface area contributed by atoms with Gasteiger partial charge in [0.2, 0.25) is 0 Å². The van der Waals surface area contributed by atoms with E-state index in [2.05, 4.69) is 11.7 Å². The highest BCUT2D eigenvalue weighted by Crippen LogP contribution is 2.47. The molecule has 4 heteroatoms. The van der Waals surface area contributed by atoms with Crippen molar-refractivity contribution in [3.63, 3.8) is 0 Å². The van der Waals surface area contributed by atoms with E-state index in [1.807, 2.05) is 23.9 Å². The summed E-state index contributed by atoms with van der Waals surface area (Å²) in [6, 6.07) is 7.49. The quantitative estimate of drug-likeness (QED) is 0.847. The molecule has 0 bridgehead atoms. The van der Waals surface area contributed by atoms with Gasteiger partial charge in [0.05, 0.1) is 6.61 Å². The number of ether oxygens (including phenoxy) is 1. The zero-order chi connectivity index (χ0) is 13.4. The molecule has 2 rings (SSSR count). The maximum Gasteiger partial charge on any atom is 0.293 e. The predicted octanol–water partition coefficient (Wildman–Crippen LogP) is 3.61. The maximum absolute atomic E-state index is 9.18. The largest absolute Gasteiger partial charge is 0.508 e. The van der Waals surface area contributed by atoms with Crippen molar-refractivity contribution in [3.05, 3.63) is 24.3 Å². The van der Waals surface area contributed by atoms with E-state index in [-0.39, 0.29) is 0 Å². The average molecular weight is 268 g/mol. The first kappa shape index (κ1) is 14.9. The Labute approximate surface area is 113 Å². The molecule has 0 radical (unpaired) electrons. The number of rotatable bonds is 4. The summed E-state index contributed by atoms with van der Waals surface area (Å²) in [5, 5.41) is 9.12. The second-order valence-corrected chi connectivity index (χ2v) is 6.11. The Morgan fingerprint density at radius 2 is 2.00 bits per heavy atom. The third-order valence-corrected chi connectivity index (χ3v) is 4.26. The molecule has 0 aromatic heterocycles. The first-order valence-corrected chi connectivity index (χ1v) is 6.94. The van der Waals surface area contributed by atoms with Crippen molar-refractivity contribution in [1.29, 1.82) is 0 Å². The van der Waals surface area contributed by atoms with E-state index in [1.54, 1.807) is 19.1 Å². The molecular formula is C14H20O3S. The van der Waals surface area contributed by atoms with Crippen molar-refractivity contribution in [2.45, 2.75) is 42.8 Å². The highest BCUT2D eigenvalue weighted by molar-refractivity contribution is 8.00. The molecule has 1 aliphatic rings. The van der Waals surface area contributed by atoms with E-state index in [1.165, 1.54) is 24.2 Å². The number of benzene rings is 1. The minimum Gasteiger partial charge on any atom is -0.508 e. The van der Waals surface area contributed by atoms with Crippen LogP contribution in [0.25, 0.3) is 0 Å². The van der Waals surface area contributed by atoms with Crippen LogP contribution in [0.3, 0.4) is 0 Å². The van der Waals surface area contributed by atoms with Crippen molar-refractivity contribution in [2.24, 2.45) is 0 Å². The van der Waals surface area contributed by atoms with Gasteiger partial charge >= 0.3 is 0 Å². The standard InChI is InChI=1S/C11H14OS.C3H6O2/c1-11(7-2-8-11)13-10-5-3-9(12)4-6-10;1-2-5-3-4/h3-6,12H,2,7-8H2,1H3;3H,2H2,1H3. The van der Waals surface area contributed by atoms with E-state index in [0.717, 1.165) is 0 Å². The van der Waals surface area contributed by atoms with Gasteiger partial charge in [0.1, 0.15) is 5.75 Å². The SMILES string of the molecule is CC1(Sc2ccc(O)cc2)CCC1.CCOC=O. The number of thioether (sulfide) groups is 1. The van der Waals surface area contributed by atoms with Crippen molar-refractivity contribution < 1.29 is 14.6 Å². The zero-order valence-electron chi connectivity index (χ0n) is 10.9. The van der Waals surface area contributed by atoms with E-state index in [0.29, 0.717) is 23.6 Å². The van der Waals surface area contributed by atoms with Crippen LogP contribution in [0.4, 0.5) is 0 Å². The van der Waals surface area contributed by atoms with Crippen molar-refractivity contribution >= 4 is 18.2 Å². The van der Waals surface area contributed by atoms with Gasteiger partial charge in [0.15, 0.2) is 0 Å². The Bertz CT molecular complexity index is 358. The molecule has 1 aromatic rings. The number of phenolic OH excluding ortho intramolecular Hbond substituents is 1. The lowest BCUT2D eigenvalue weighted by Crippen LogP contribution is -2.28. The monoisotopic (exact) mass is 268 g/mol. The van der Waals surface area contributed by atoms with Crippen molar-refractivity contribution in [1.82, 2.24) is 0 Å². The summed E-state index contributed by atoms with van der Waals surface area (Å²) in [5.41, 5.74) is 0. The summed E-state index contributed by atoms with van der Waals surface area (Å²) in [6.45, 7) is 4.98. The smallest absolute Gasteiger partial charge is 0.293 e. The molecule has 0 saturated heterocycles. The predicted molar refractivity (Wildman–Crippen MR) is 73.9 cm³/mol. The zero-order valence-corrected chi connectivity index (χ0v) is 11.7. The van der Waals surface area contributed by atoms with E-state index in [9.17, 15) is 4.79 Å². The molecule has 18 heavy (non-hydrogen) atoms. The number of aromatic hydroxyl groups is 1. The second kappa shape index (κ2) is 7.31. The summed E-state index contributed by atoms with van der Waals surface area (Å²) >= 11 is 1.93. The fourth-order valence-corrected chi connectivity index (χ4v) is 2.98. The van der Waals surface area contributed by atoms with Crippen LogP contribution < -0.4 is 0 Å². The van der Waals surface area contributed by atoms with Gasteiger partial charge in [0, 0.05) is 9.64 Å². The lowest BCUT2D eigenvalue weighted by molar-refractivity contribution is -0.128. The van der Waals surface area contributed by atoms with Gasteiger partial charge in [-0.1, -0.05) is 13.3 Å². The van der Waals surface area contributed by atoms with Crippen LogP contribution in [-0.4, -0.2) is 22.9 Å². The van der Waals surface area contributed by atoms with Crippen LogP contribution >= 0.6 is 11.8 Å². The molecule has 0 unspecified atom stereocenters. The fourth-order valence-electron chi connectivity index (χ4n) is 1.64. The van der Waals surface area contributed by atoms with Crippen molar-refractivity contribution in [3.8, 4) is 5.75 Å². The van der Waals surface area contributed by atoms with E-state index in [4.69, 9.17) is 5.11 Å². The highest BCUT2D eigenvalue weighted by atomic mass is 32.2. The fraction of sp³-hybridized carbons (Fsp3) is 0.500. The molecule has 0 heterocycles. The lowest BCUT2D eigenvalue weighted by atomic mass is 9.86. The van der Waals surface area contributed by atoms with E-state index >= 15 is 0 Å². The number of hydrogen-bond donors (Lipinski definition) is 1. The topological polar surface area (TPSA) is 46.5 Å². The third kappa shape index (κ3) is 5.00. The van der Waals surface area contributed by atoms with Gasteiger partial charge in [-0.2, -0.15) is 0 Å². The van der Waals surface area contributed by atoms with Crippen LogP contribution in [0.15, 0.2) is 29.2 Å². The van der Waals surface area contributed by atoms with Crippen LogP contribution in [0.1, 0.15) is 33.1 Å². The summed E-state index contributed by atoms with van der Waals surface area (Å²) in [5.74, 6) is 0.350. The number of phenols is 1. The molecule has 1 N–H and O–H groups in total. The summed E-state index contributed by atoms with van der Waals surface area (Å²) in [4.78, 5) is 10.4. The molecule has 3 nitrogen and oxygen atoms in total. The highest BCUT2D eigenvalue weighted by Gasteiger charge is 2.32. The molecule has 1 aromatic carbocycles. The molecule has 100 valence electrons. The Kier molecular flexibility index (Phi) is 6.05. The van der Waals surface area contributed by atoms with Gasteiger partial charge in [-0.15, -0.1) is 11.8 Å². The second-order valence-electron chi connectivity index (χ2n) is 4.45. The van der Waals surface area contributed by atoms with Gasteiger partial charge in [-0.3, -0.25) is 4.79 Å².